The van der Waals surface area contributed by atoms with Gasteiger partial charge in [0, 0.05) is 30.8 Å². The van der Waals surface area contributed by atoms with Gasteiger partial charge in [0.25, 0.3) is 5.91 Å². The number of hydrogen-bond acceptors (Lipinski definition) is 3. The smallest absolute Gasteiger partial charge is 0.253 e. The molecule has 5 heteroatoms. The Morgan fingerprint density at radius 1 is 1.19 bits per heavy atom. The largest absolute Gasteiger partial charge is 0.339 e. The molecule has 1 aliphatic rings. The average molecular weight is 289 g/mol. The maximum Gasteiger partial charge on any atom is 0.253 e. The van der Waals surface area contributed by atoms with Gasteiger partial charge >= 0.3 is 0 Å². The molecule has 2 rings (SSSR count). The van der Waals surface area contributed by atoms with E-state index in [-0.39, 0.29) is 11.8 Å². The molecule has 1 aromatic carbocycles. The molecule has 0 spiro atoms. The van der Waals surface area contributed by atoms with Crippen molar-refractivity contribution in [3.8, 4) is 0 Å². The molecule has 3 N–H and O–H groups in total. The van der Waals surface area contributed by atoms with Gasteiger partial charge in [-0.05, 0) is 50.4 Å². The van der Waals surface area contributed by atoms with Crippen LogP contribution in [0.2, 0.25) is 0 Å². The van der Waals surface area contributed by atoms with Gasteiger partial charge in [0.05, 0.1) is 0 Å². The van der Waals surface area contributed by atoms with Crippen molar-refractivity contribution in [3.63, 3.8) is 0 Å². The lowest BCUT2D eigenvalue weighted by atomic mass is 10.1. The van der Waals surface area contributed by atoms with Gasteiger partial charge < -0.3 is 16.0 Å². The molecule has 0 aromatic heterocycles. The van der Waals surface area contributed by atoms with Gasteiger partial charge in [-0.2, -0.15) is 0 Å². The Morgan fingerprint density at radius 3 is 2.67 bits per heavy atom. The monoisotopic (exact) mass is 289 g/mol. The summed E-state index contributed by atoms with van der Waals surface area (Å²) in [5, 5.41) is 2.81. The molecule has 114 valence electrons. The second-order valence-corrected chi connectivity index (χ2v) is 5.37. The van der Waals surface area contributed by atoms with Gasteiger partial charge in [0.15, 0.2) is 0 Å². The number of carbonyl (C=O) groups excluding carboxylic acids is 2. The zero-order valence-electron chi connectivity index (χ0n) is 12.3. The minimum atomic E-state index is -0.0666. The molecule has 0 atom stereocenters. The lowest BCUT2D eigenvalue weighted by Gasteiger charge is -2.26. The molecule has 1 aliphatic heterocycles. The van der Waals surface area contributed by atoms with Crippen LogP contribution in [0.25, 0.3) is 0 Å². The standard InChI is InChI=1S/C16H23N3O2/c17-9-5-8-15(20)18-14-7-4-6-13(12-14)16(21)19-10-2-1-3-11-19/h4,6-7,12H,1-3,5,8-11,17H2,(H,18,20). The molecular formula is C16H23N3O2. The molecule has 1 heterocycles. The predicted molar refractivity (Wildman–Crippen MR) is 83.1 cm³/mol. The summed E-state index contributed by atoms with van der Waals surface area (Å²) in [5.41, 5.74) is 6.69. The lowest BCUT2D eigenvalue weighted by Crippen LogP contribution is -2.35. The molecule has 1 saturated heterocycles. The Bertz CT molecular complexity index is 496. The highest BCUT2D eigenvalue weighted by Crippen LogP contribution is 2.16. The van der Waals surface area contributed by atoms with Gasteiger partial charge in [-0.15, -0.1) is 0 Å². The van der Waals surface area contributed by atoms with Crippen LogP contribution >= 0.6 is 0 Å². The van der Waals surface area contributed by atoms with E-state index in [4.69, 9.17) is 5.73 Å². The average Bonchev–Trinajstić information content (AvgIpc) is 2.53. The van der Waals surface area contributed by atoms with Crippen LogP contribution in [-0.2, 0) is 4.79 Å². The van der Waals surface area contributed by atoms with E-state index in [9.17, 15) is 9.59 Å². The molecule has 5 nitrogen and oxygen atoms in total. The number of rotatable bonds is 5. The SMILES string of the molecule is NCCCC(=O)Nc1cccc(C(=O)N2CCCCC2)c1. The number of anilines is 1. The van der Waals surface area contributed by atoms with Crippen LogP contribution in [0.4, 0.5) is 5.69 Å². The number of benzene rings is 1. The van der Waals surface area contributed by atoms with Crippen molar-refractivity contribution in [3.05, 3.63) is 29.8 Å². The summed E-state index contributed by atoms with van der Waals surface area (Å²) in [7, 11) is 0. The van der Waals surface area contributed by atoms with Crippen molar-refractivity contribution in [1.82, 2.24) is 4.90 Å². The summed E-state index contributed by atoms with van der Waals surface area (Å²) in [6.45, 7) is 2.15. The summed E-state index contributed by atoms with van der Waals surface area (Å²) in [5.74, 6) is -0.0178. The molecule has 21 heavy (non-hydrogen) atoms. The molecule has 1 fully saturated rings. The number of piperidine rings is 1. The maximum absolute atomic E-state index is 12.4. The number of nitrogens with zero attached hydrogens (tertiary/aromatic N) is 1. The third-order valence-corrected chi connectivity index (χ3v) is 3.64. The third-order valence-electron chi connectivity index (χ3n) is 3.64. The van der Waals surface area contributed by atoms with Gasteiger partial charge in [0.1, 0.15) is 0 Å². The fourth-order valence-electron chi connectivity index (χ4n) is 2.50. The van der Waals surface area contributed by atoms with E-state index in [2.05, 4.69) is 5.32 Å². The lowest BCUT2D eigenvalue weighted by molar-refractivity contribution is -0.116. The molecular weight excluding hydrogens is 266 g/mol. The molecule has 1 aromatic rings. The Morgan fingerprint density at radius 2 is 1.95 bits per heavy atom. The topological polar surface area (TPSA) is 75.4 Å². The Balaban J connectivity index is 1.99. The number of amides is 2. The van der Waals surface area contributed by atoms with Crippen LogP contribution < -0.4 is 11.1 Å². The zero-order chi connectivity index (χ0) is 15.1. The highest BCUT2D eigenvalue weighted by molar-refractivity contribution is 5.97. The molecule has 0 saturated carbocycles. The first-order valence-corrected chi connectivity index (χ1v) is 7.60. The predicted octanol–water partition coefficient (Wildman–Crippen LogP) is 1.99. The van der Waals surface area contributed by atoms with Crippen molar-refractivity contribution in [2.75, 3.05) is 25.0 Å². The second kappa shape index (κ2) is 7.78. The van der Waals surface area contributed by atoms with Gasteiger partial charge in [0.2, 0.25) is 5.91 Å². The van der Waals surface area contributed by atoms with Crippen molar-refractivity contribution in [2.45, 2.75) is 32.1 Å². The minimum Gasteiger partial charge on any atom is -0.339 e. The number of nitrogens with two attached hydrogens (primary N) is 1. The summed E-state index contributed by atoms with van der Waals surface area (Å²) < 4.78 is 0. The third kappa shape index (κ3) is 4.56. The highest BCUT2D eigenvalue weighted by Gasteiger charge is 2.18. The molecule has 0 unspecified atom stereocenters. The molecule has 0 aliphatic carbocycles. The quantitative estimate of drug-likeness (QED) is 0.870. The summed E-state index contributed by atoms with van der Waals surface area (Å²) in [6, 6.07) is 7.15. The summed E-state index contributed by atoms with van der Waals surface area (Å²) in [6.07, 6.45) is 4.41. The Kier molecular flexibility index (Phi) is 5.75. The van der Waals surface area contributed by atoms with E-state index < -0.39 is 0 Å². The first-order valence-electron chi connectivity index (χ1n) is 7.60. The van der Waals surface area contributed by atoms with Gasteiger partial charge in [-0.25, -0.2) is 0 Å². The van der Waals surface area contributed by atoms with Gasteiger partial charge in [-0.3, -0.25) is 9.59 Å². The number of nitrogens with one attached hydrogen (secondary N) is 1. The fraction of sp³-hybridized carbons (Fsp3) is 0.500. The van der Waals surface area contributed by atoms with Crippen LogP contribution in [-0.4, -0.2) is 36.3 Å². The van der Waals surface area contributed by atoms with E-state index in [0.717, 1.165) is 25.9 Å². The van der Waals surface area contributed by atoms with Crippen LogP contribution in [0, 0.1) is 0 Å². The minimum absolute atomic E-state index is 0.0488. The fourth-order valence-corrected chi connectivity index (χ4v) is 2.50. The van der Waals surface area contributed by atoms with Crippen LogP contribution in [0.15, 0.2) is 24.3 Å². The Labute approximate surface area is 125 Å². The van der Waals surface area contributed by atoms with Crippen LogP contribution in [0.3, 0.4) is 0 Å². The molecule has 2 amide bonds. The zero-order valence-corrected chi connectivity index (χ0v) is 12.3. The van der Waals surface area contributed by atoms with Crippen molar-refractivity contribution >= 4 is 17.5 Å². The van der Waals surface area contributed by atoms with E-state index in [1.165, 1.54) is 6.42 Å². The van der Waals surface area contributed by atoms with Gasteiger partial charge in [-0.1, -0.05) is 6.07 Å². The maximum atomic E-state index is 12.4. The van der Waals surface area contributed by atoms with Crippen molar-refractivity contribution in [2.24, 2.45) is 5.73 Å². The first-order chi connectivity index (χ1) is 10.2. The van der Waals surface area contributed by atoms with E-state index >= 15 is 0 Å². The van der Waals surface area contributed by atoms with E-state index in [0.29, 0.717) is 30.6 Å². The van der Waals surface area contributed by atoms with Crippen LogP contribution in [0.1, 0.15) is 42.5 Å². The van der Waals surface area contributed by atoms with Crippen molar-refractivity contribution < 1.29 is 9.59 Å². The first kappa shape index (κ1) is 15.5. The number of hydrogen-bond donors (Lipinski definition) is 2. The van der Waals surface area contributed by atoms with E-state index in [1.54, 1.807) is 24.3 Å². The Hall–Kier alpha value is -1.88. The second-order valence-electron chi connectivity index (χ2n) is 5.37. The number of carbonyl (C=O) groups is 2. The summed E-state index contributed by atoms with van der Waals surface area (Å²) in [4.78, 5) is 26.0. The van der Waals surface area contributed by atoms with Crippen molar-refractivity contribution in [1.29, 1.82) is 0 Å². The highest BCUT2D eigenvalue weighted by atomic mass is 16.2. The normalized spacial score (nSPS) is 14.8. The van der Waals surface area contributed by atoms with Crippen LogP contribution in [0.5, 0.6) is 0 Å². The van der Waals surface area contributed by atoms with E-state index in [1.807, 2.05) is 4.90 Å². The molecule has 0 bridgehead atoms. The molecule has 0 radical (unpaired) electrons. The number of likely N-dealkylation sites (tertiary alicyclic amines) is 1. The summed E-state index contributed by atoms with van der Waals surface area (Å²) >= 11 is 0.